The van der Waals surface area contributed by atoms with Crippen LogP contribution in [-0.2, 0) is 15.6 Å². The van der Waals surface area contributed by atoms with Crippen LogP contribution in [0.3, 0.4) is 0 Å². The molecule has 0 unspecified atom stereocenters. The quantitative estimate of drug-likeness (QED) is 0.392. The van der Waals surface area contributed by atoms with Crippen LogP contribution >= 0.6 is 0 Å². The predicted molar refractivity (Wildman–Crippen MR) is 148 cm³/mol. The van der Waals surface area contributed by atoms with Gasteiger partial charge in [-0.2, -0.15) is 0 Å². The first kappa shape index (κ1) is 27.0. The maximum absolute atomic E-state index is 13.0. The SMILES string of the molecule is CCN(C(=O)c1ccc(NC(=O)COc2ccc(C(C)(C)C)cc2C(C)(C)C)cc1)c1ccccc1. The van der Waals surface area contributed by atoms with E-state index in [0.717, 1.165) is 11.3 Å². The zero-order chi connectivity index (χ0) is 26.5. The molecule has 0 saturated heterocycles. The fourth-order valence-corrected chi connectivity index (χ4v) is 3.95. The molecule has 5 nitrogen and oxygen atoms in total. The van der Waals surface area contributed by atoms with Crippen molar-refractivity contribution >= 4 is 23.2 Å². The van der Waals surface area contributed by atoms with Crippen LogP contribution < -0.4 is 15.0 Å². The minimum atomic E-state index is -0.256. The highest BCUT2D eigenvalue weighted by atomic mass is 16.5. The van der Waals surface area contributed by atoms with E-state index in [2.05, 4.69) is 59.0 Å². The van der Waals surface area contributed by atoms with Crippen molar-refractivity contribution in [2.24, 2.45) is 0 Å². The van der Waals surface area contributed by atoms with Gasteiger partial charge in [-0.15, -0.1) is 0 Å². The van der Waals surface area contributed by atoms with Crippen molar-refractivity contribution in [3.05, 3.63) is 89.5 Å². The number of anilines is 2. The summed E-state index contributed by atoms with van der Waals surface area (Å²) in [6, 6.07) is 22.7. The summed E-state index contributed by atoms with van der Waals surface area (Å²) >= 11 is 0. The molecule has 3 aromatic rings. The van der Waals surface area contributed by atoms with Gasteiger partial charge in [-0.05, 0) is 71.3 Å². The molecule has 0 aliphatic heterocycles. The third kappa shape index (κ3) is 6.75. The summed E-state index contributed by atoms with van der Waals surface area (Å²) in [6.45, 7) is 15.4. The molecule has 0 saturated carbocycles. The van der Waals surface area contributed by atoms with Crippen LogP contribution in [-0.4, -0.2) is 25.0 Å². The first-order valence-corrected chi connectivity index (χ1v) is 12.4. The van der Waals surface area contributed by atoms with E-state index in [9.17, 15) is 9.59 Å². The number of amides is 2. The highest BCUT2D eigenvalue weighted by Gasteiger charge is 2.23. The second-order valence-corrected chi connectivity index (χ2v) is 11.0. The summed E-state index contributed by atoms with van der Waals surface area (Å²) in [5.74, 6) is 0.374. The Balaban J connectivity index is 1.65. The average molecular weight is 487 g/mol. The second kappa shape index (κ2) is 11.0. The third-order valence-electron chi connectivity index (χ3n) is 6.06. The van der Waals surface area contributed by atoms with Crippen molar-refractivity contribution in [3.8, 4) is 5.75 Å². The van der Waals surface area contributed by atoms with Crippen LogP contribution in [0, 0.1) is 0 Å². The van der Waals surface area contributed by atoms with Crippen LogP contribution in [0.1, 0.15) is 70.0 Å². The molecule has 3 aromatic carbocycles. The number of nitrogens with zero attached hydrogens (tertiary/aromatic N) is 1. The fraction of sp³-hybridized carbons (Fsp3) is 0.355. The lowest BCUT2D eigenvalue weighted by Crippen LogP contribution is -2.30. The Labute approximate surface area is 215 Å². The van der Waals surface area contributed by atoms with Crippen LogP contribution in [0.25, 0.3) is 0 Å². The molecule has 0 aromatic heterocycles. The van der Waals surface area contributed by atoms with Crippen LogP contribution in [0.5, 0.6) is 5.75 Å². The molecule has 36 heavy (non-hydrogen) atoms. The molecule has 0 heterocycles. The first-order valence-electron chi connectivity index (χ1n) is 12.4. The van der Waals surface area contributed by atoms with E-state index in [0.29, 0.717) is 23.5 Å². The summed E-state index contributed by atoms with van der Waals surface area (Å²) in [5, 5.41) is 2.86. The summed E-state index contributed by atoms with van der Waals surface area (Å²) < 4.78 is 5.95. The summed E-state index contributed by atoms with van der Waals surface area (Å²) in [4.78, 5) is 27.3. The molecule has 190 valence electrons. The number of hydrogen-bond acceptors (Lipinski definition) is 3. The molecule has 2 amide bonds. The van der Waals surface area contributed by atoms with Gasteiger partial charge in [0, 0.05) is 23.5 Å². The Hall–Kier alpha value is -3.60. The lowest BCUT2D eigenvalue weighted by atomic mass is 9.80. The number of para-hydroxylation sites is 1. The van der Waals surface area contributed by atoms with Gasteiger partial charge in [-0.1, -0.05) is 71.9 Å². The first-order chi connectivity index (χ1) is 16.9. The molecule has 0 bridgehead atoms. The van der Waals surface area contributed by atoms with Crippen molar-refractivity contribution in [1.29, 1.82) is 0 Å². The lowest BCUT2D eigenvalue weighted by molar-refractivity contribution is -0.118. The molecular weight excluding hydrogens is 448 g/mol. The van der Waals surface area contributed by atoms with E-state index in [-0.39, 0.29) is 29.3 Å². The largest absolute Gasteiger partial charge is 0.483 e. The van der Waals surface area contributed by atoms with Gasteiger partial charge in [-0.25, -0.2) is 0 Å². The smallest absolute Gasteiger partial charge is 0.262 e. The van der Waals surface area contributed by atoms with E-state index >= 15 is 0 Å². The van der Waals surface area contributed by atoms with Crippen molar-refractivity contribution in [3.63, 3.8) is 0 Å². The van der Waals surface area contributed by atoms with Gasteiger partial charge in [0.05, 0.1) is 0 Å². The molecular formula is C31H38N2O3. The van der Waals surface area contributed by atoms with Crippen LogP contribution in [0.2, 0.25) is 0 Å². The van der Waals surface area contributed by atoms with E-state index in [1.807, 2.05) is 43.3 Å². The van der Waals surface area contributed by atoms with Crippen LogP contribution in [0.15, 0.2) is 72.8 Å². The van der Waals surface area contributed by atoms with Crippen molar-refractivity contribution in [1.82, 2.24) is 0 Å². The minimum absolute atomic E-state index is 0.0265. The molecule has 0 fully saturated rings. The number of rotatable bonds is 7. The second-order valence-electron chi connectivity index (χ2n) is 11.0. The normalized spacial score (nSPS) is 11.6. The molecule has 0 spiro atoms. The topological polar surface area (TPSA) is 58.6 Å². The Bertz CT molecular complexity index is 1190. The number of ether oxygens (including phenoxy) is 1. The number of benzene rings is 3. The van der Waals surface area contributed by atoms with E-state index in [1.54, 1.807) is 29.2 Å². The Morgan fingerprint density at radius 1 is 0.833 bits per heavy atom. The van der Waals surface area contributed by atoms with E-state index < -0.39 is 0 Å². The van der Waals surface area contributed by atoms with Crippen LogP contribution in [0.4, 0.5) is 11.4 Å². The zero-order valence-electron chi connectivity index (χ0n) is 22.5. The molecule has 0 aliphatic rings. The van der Waals surface area contributed by atoms with Gasteiger partial charge in [-0.3, -0.25) is 9.59 Å². The number of nitrogens with one attached hydrogen (secondary N) is 1. The van der Waals surface area contributed by atoms with Gasteiger partial charge in [0.15, 0.2) is 6.61 Å². The Morgan fingerprint density at radius 3 is 2.03 bits per heavy atom. The highest BCUT2D eigenvalue weighted by molar-refractivity contribution is 6.06. The molecule has 0 aliphatic carbocycles. The Kier molecular flexibility index (Phi) is 8.24. The molecule has 1 N–H and O–H groups in total. The van der Waals surface area contributed by atoms with Crippen molar-refractivity contribution in [2.45, 2.75) is 59.3 Å². The molecule has 0 atom stereocenters. The summed E-state index contributed by atoms with van der Waals surface area (Å²) in [7, 11) is 0. The van der Waals surface area contributed by atoms with Crippen molar-refractivity contribution in [2.75, 3.05) is 23.4 Å². The van der Waals surface area contributed by atoms with E-state index in [4.69, 9.17) is 4.74 Å². The van der Waals surface area contributed by atoms with Gasteiger partial charge in [0.2, 0.25) is 0 Å². The van der Waals surface area contributed by atoms with E-state index in [1.165, 1.54) is 5.56 Å². The number of carbonyl (C=O) groups excluding carboxylic acids is 2. The number of hydrogen-bond donors (Lipinski definition) is 1. The average Bonchev–Trinajstić information content (AvgIpc) is 2.83. The predicted octanol–water partition coefficient (Wildman–Crippen LogP) is 6.97. The summed E-state index contributed by atoms with van der Waals surface area (Å²) in [6.07, 6.45) is 0. The maximum atomic E-state index is 13.0. The van der Waals surface area contributed by atoms with Crippen molar-refractivity contribution < 1.29 is 14.3 Å². The minimum Gasteiger partial charge on any atom is -0.483 e. The number of carbonyl (C=O) groups is 2. The zero-order valence-corrected chi connectivity index (χ0v) is 22.5. The highest BCUT2D eigenvalue weighted by Crippen LogP contribution is 2.35. The molecule has 0 radical (unpaired) electrons. The lowest BCUT2D eigenvalue weighted by Gasteiger charge is -2.27. The fourth-order valence-electron chi connectivity index (χ4n) is 3.95. The van der Waals surface area contributed by atoms with Gasteiger partial charge >= 0.3 is 0 Å². The molecule has 5 heteroatoms. The standard InChI is InChI=1S/C31H38N2O3/c1-8-33(25-12-10-9-11-13-25)29(35)22-14-17-24(18-15-22)32-28(34)21-36-27-19-16-23(30(2,3)4)20-26(27)31(5,6)7/h9-20H,8,21H2,1-7H3,(H,32,34). The third-order valence-corrected chi connectivity index (χ3v) is 6.06. The van der Waals surface area contributed by atoms with Gasteiger partial charge < -0.3 is 15.0 Å². The maximum Gasteiger partial charge on any atom is 0.262 e. The monoisotopic (exact) mass is 486 g/mol. The van der Waals surface area contributed by atoms with Gasteiger partial charge in [0.25, 0.3) is 11.8 Å². The molecule has 3 rings (SSSR count). The Morgan fingerprint density at radius 2 is 1.47 bits per heavy atom. The summed E-state index contributed by atoms with van der Waals surface area (Å²) in [5.41, 5.74) is 4.23. The van der Waals surface area contributed by atoms with Gasteiger partial charge in [0.1, 0.15) is 5.75 Å².